The molecule has 5 rings (SSSR count). The first-order valence-corrected chi connectivity index (χ1v) is 14.0. The van der Waals surface area contributed by atoms with Gasteiger partial charge in [-0.2, -0.15) is 0 Å². The van der Waals surface area contributed by atoms with Crippen LogP contribution in [0.2, 0.25) is 0 Å². The van der Waals surface area contributed by atoms with Gasteiger partial charge in [-0.3, -0.25) is 13.9 Å². The third-order valence-electron chi connectivity index (χ3n) is 6.88. The summed E-state index contributed by atoms with van der Waals surface area (Å²) in [7, 11) is -2.30. The Hall–Kier alpha value is -4.25. The lowest BCUT2D eigenvalue weighted by Crippen LogP contribution is -2.38. The normalized spacial score (nSPS) is 15.7. The van der Waals surface area contributed by atoms with Gasteiger partial charge in [0.05, 0.1) is 30.1 Å². The summed E-state index contributed by atoms with van der Waals surface area (Å²) in [5.74, 6) is -1.58. The minimum atomic E-state index is -3.77. The summed E-state index contributed by atoms with van der Waals surface area (Å²) in [6.07, 6.45) is 1.07. The van der Waals surface area contributed by atoms with Crippen LogP contribution in [0.1, 0.15) is 39.2 Å². The number of amides is 2. The monoisotopic (exact) mass is 553 g/mol. The van der Waals surface area contributed by atoms with E-state index in [1.807, 2.05) is 0 Å². The van der Waals surface area contributed by atoms with E-state index >= 15 is 0 Å². The Morgan fingerprint density at radius 1 is 0.974 bits per heavy atom. The van der Waals surface area contributed by atoms with Crippen LogP contribution in [0.5, 0.6) is 0 Å². The van der Waals surface area contributed by atoms with Crippen molar-refractivity contribution in [3.63, 3.8) is 0 Å². The van der Waals surface area contributed by atoms with Crippen LogP contribution >= 0.6 is 0 Å². The molecule has 0 saturated carbocycles. The maximum atomic E-state index is 13.6. The van der Waals surface area contributed by atoms with Gasteiger partial charge in [-0.1, -0.05) is 0 Å². The number of nitrogens with zero attached hydrogens (tertiary/aromatic N) is 2. The molecule has 1 unspecified atom stereocenters. The molecule has 1 aliphatic heterocycles. The van der Waals surface area contributed by atoms with E-state index in [0.29, 0.717) is 22.2 Å². The molecule has 0 bridgehead atoms. The molecule has 0 aliphatic carbocycles. The van der Waals surface area contributed by atoms with Crippen LogP contribution in [0, 0.1) is 11.6 Å². The van der Waals surface area contributed by atoms with E-state index in [1.54, 1.807) is 19.1 Å². The summed E-state index contributed by atoms with van der Waals surface area (Å²) in [5.41, 5.74) is 1.97. The largest absolute Gasteiger partial charge is 0.455 e. The number of nitrogens with one attached hydrogen (secondary N) is 1. The average Bonchev–Trinajstić information content (AvgIpc) is 3.20. The fourth-order valence-electron chi connectivity index (χ4n) is 4.92. The number of halogens is 2. The summed E-state index contributed by atoms with van der Waals surface area (Å²) < 4.78 is 60.1. The van der Waals surface area contributed by atoms with Crippen LogP contribution in [0.3, 0.4) is 0 Å². The standard InChI is InChI=1S/C28H25F2N3O5S/c1-16-21-14-22-24(38-26(25(22)27(34)31-2)17-4-8-19(29)9-5-17)15-23(21)33(39(3,36)37)13-12-32(16)28(35)18-6-10-20(30)11-7-18/h4-11,14-16H,12-13H2,1-3H3,(H,31,34). The smallest absolute Gasteiger partial charge is 0.255 e. The first-order valence-electron chi connectivity index (χ1n) is 12.1. The van der Waals surface area contributed by atoms with E-state index in [4.69, 9.17) is 4.42 Å². The Labute approximate surface area is 223 Å². The van der Waals surface area contributed by atoms with Crippen molar-refractivity contribution < 1.29 is 31.2 Å². The molecule has 2 amide bonds. The molecule has 2 heterocycles. The minimum Gasteiger partial charge on any atom is -0.455 e. The molecule has 1 aromatic heterocycles. The average molecular weight is 554 g/mol. The van der Waals surface area contributed by atoms with Gasteiger partial charge in [0, 0.05) is 36.2 Å². The van der Waals surface area contributed by atoms with Gasteiger partial charge in [0.1, 0.15) is 23.0 Å². The number of rotatable bonds is 4. The molecule has 3 aromatic carbocycles. The van der Waals surface area contributed by atoms with Gasteiger partial charge in [-0.15, -0.1) is 0 Å². The van der Waals surface area contributed by atoms with Crippen LogP contribution < -0.4 is 9.62 Å². The van der Waals surface area contributed by atoms with Gasteiger partial charge < -0.3 is 14.6 Å². The van der Waals surface area contributed by atoms with Crippen molar-refractivity contribution in [2.24, 2.45) is 0 Å². The maximum Gasteiger partial charge on any atom is 0.255 e. The van der Waals surface area contributed by atoms with E-state index in [9.17, 15) is 26.8 Å². The zero-order valence-electron chi connectivity index (χ0n) is 21.4. The number of anilines is 1. The highest BCUT2D eigenvalue weighted by molar-refractivity contribution is 7.92. The molecule has 202 valence electrons. The summed E-state index contributed by atoms with van der Waals surface area (Å²) in [4.78, 5) is 28.0. The van der Waals surface area contributed by atoms with Gasteiger partial charge in [0.2, 0.25) is 10.0 Å². The van der Waals surface area contributed by atoms with Crippen molar-refractivity contribution in [3.8, 4) is 11.3 Å². The molecule has 39 heavy (non-hydrogen) atoms. The summed E-state index contributed by atoms with van der Waals surface area (Å²) in [6.45, 7) is 1.81. The highest BCUT2D eigenvalue weighted by Gasteiger charge is 2.34. The van der Waals surface area contributed by atoms with Crippen LogP contribution in [0.4, 0.5) is 14.5 Å². The zero-order chi connectivity index (χ0) is 28.1. The number of carbonyl (C=O) groups excluding carboxylic acids is 2. The fourth-order valence-corrected chi connectivity index (χ4v) is 5.84. The second-order valence-electron chi connectivity index (χ2n) is 9.32. The maximum absolute atomic E-state index is 13.6. The Kier molecular flexibility index (Phi) is 6.63. The third-order valence-corrected chi connectivity index (χ3v) is 8.06. The number of furan rings is 1. The molecule has 0 radical (unpaired) electrons. The predicted molar refractivity (Wildman–Crippen MR) is 143 cm³/mol. The zero-order valence-corrected chi connectivity index (χ0v) is 22.2. The summed E-state index contributed by atoms with van der Waals surface area (Å²) >= 11 is 0. The molecule has 1 atom stereocenters. The Balaban J connectivity index is 1.73. The molecular weight excluding hydrogens is 528 g/mol. The van der Waals surface area contributed by atoms with Crippen molar-refractivity contribution in [2.45, 2.75) is 13.0 Å². The van der Waals surface area contributed by atoms with E-state index in [0.717, 1.165) is 6.26 Å². The van der Waals surface area contributed by atoms with Crippen molar-refractivity contribution in [1.29, 1.82) is 0 Å². The highest BCUT2D eigenvalue weighted by atomic mass is 32.2. The lowest BCUT2D eigenvalue weighted by Gasteiger charge is -2.27. The van der Waals surface area contributed by atoms with Crippen molar-refractivity contribution in [3.05, 3.63) is 89.0 Å². The van der Waals surface area contributed by atoms with Crippen molar-refractivity contribution in [1.82, 2.24) is 10.2 Å². The van der Waals surface area contributed by atoms with Crippen molar-refractivity contribution >= 4 is 38.5 Å². The van der Waals surface area contributed by atoms with Gasteiger partial charge in [0.15, 0.2) is 0 Å². The van der Waals surface area contributed by atoms with Crippen LogP contribution in [-0.4, -0.2) is 51.5 Å². The lowest BCUT2D eigenvalue weighted by molar-refractivity contribution is 0.0702. The van der Waals surface area contributed by atoms with Crippen LogP contribution in [0.25, 0.3) is 22.3 Å². The van der Waals surface area contributed by atoms with Crippen LogP contribution in [-0.2, 0) is 10.0 Å². The predicted octanol–water partition coefficient (Wildman–Crippen LogP) is 4.72. The number of hydrogen-bond acceptors (Lipinski definition) is 5. The topological polar surface area (TPSA) is 99.9 Å². The Morgan fingerprint density at radius 2 is 1.59 bits per heavy atom. The highest BCUT2D eigenvalue weighted by Crippen LogP contribution is 2.42. The second-order valence-corrected chi connectivity index (χ2v) is 11.2. The van der Waals surface area contributed by atoms with Gasteiger partial charge in [-0.25, -0.2) is 17.2 Å². The number of hydrogen-bond donors (Lipinski definition) is 1. The second kappa shape index (κ2) is 9.81. The van der Waals surface area contributed by atoms with Crippen molar-refractivity contribution in [2.75, 3.05) is 30.7 Å². The molecule has 0 spiro atoms. The molecule has 1 aliphatic rings. The minimum absolute atomic E-state index is 0.0254. The Morgan fingerprint density at radius 3 is 2.18 bits per heavy atom. The SMILES string of the molecule is CNC(=O)c1c(-c2ccc(F)cc2)oc2cc3c(cc12)C(C)N(C(=O)c1ccc(F)cc1)CCN3S(C)(=O)=O. The molecule has 0 saturated heterocycles. The molecular formula is C28H25F2N3O5S. The number of benzene rings is 3. The lowest BCUT2D eigenvalue weighted by atomic mass is 9.98. The van der Waals surface area contributed by atoms with Gasteiger partial charge in [0.25, 0.3) is 11.8 Å². The van der Waals surface area contributed by atoms with Gasteiger partial charge >= 0.3 is 0 Å². The molecule has 4 aromatic rings. The Bertz CT molecular complexity index is 1700. The van der Waals surface area contributed by atoms with Crippen LogP contribution in [0.15, 0.2) is 65.1 Å². The van der Waals surface area contributed by atoms with Gasteiger partial charge in [-0.05, 0) is 67.1 Å². The number of carbonyl (C=O) groups is 2. The number of sulfonamides is 1. The third kappa shape index (κ3) is 4.74. The van der Waals surface area contributed by atoms with E-state index in [1.165, 1.54) is 64.8 Å². The molecule has 1 N–H and O–H groups in total. The first kappa shape index (κ1) is 26.4. The molecule has 0 fully saturated rings. The summed E-state index contributed by atoms with van der Waals surface area (Å²) in [5, 5.41) is 3.00. The van der Waals surface area contributed by atoms with E-state index in [-0.39, 0.29) is 35.6 Å². The quantitative estimate of drug-likeness (QED) is 0.394. The summed E-state index contributed by atoms with van der Waals surface area (Å²) in [6, 6.07) is 13.2. The molecule has 11 heteroatoms. The number of fused-ring (bicyclic) bond motifs is 2. The fraction of sp³-hybridized carbons (Fsp3) is 0.214. The first-order chi connectivity index (χ1) is 18.5. The molecule has 8 nitrogen and oxygen atoms in total. The van der Waals surface area contributed by atoms with E-state index < -0.39 is 39.5 Å². The van der Waals surface area contributed by atoms with E-state index in [2.05, 4.69) is 5.32 Å².